The summed E-state index contributed by atoms with van der Waals surface area (Å²) in [5.74, 6) is 0.417. The fourth-order valence-electron chi connectivity index (χ4n) is 1.90. The number of rotatable bonds is 4. The maximum atomic E-state index is 12.1. The van der Waals surface area contributed by atoms with Crippen LogP contribution in [0, 0.1) is 11.3 Å². The second-order valence-corrected chi connectivity index (χ2v) is 5.97. The third-order valence-electron chi connectivity index (χ3n) is 2.90. The van der Waals surface area contributed by atoms with E-state index in [9.17, 15) is 4.79 Å². The van der Waals surface area contributed by atoms with E-state index in [1.165, 1.54) is 11.8 Å². The molecule has 110 valence electrons. The Hall–Kier alpha value is -2.13. The van der Waals surface area contributed by atoms with Gasteiger partial charge in [0.1, 0.15) is 22.8 Å². The number of carbonyl (C=O) groups excluding carboxylic acids is 1. The van der Waals surface area contributed by atoms with E-state index >= 15 is 0 Å². The van der Waals surface area contributed by atoms with E-state index in [4.69, 9.17) is 10.00 Å². The van der Waals surface area contributed by atoms with Crippen molar-refractivity contribution >= 4 is 17.7 Å². The summed E-state index contributed by atoms with van der Waals surface area (Å²) >= 11 is 1.44. The average molecular weight is 303 g/mol. The van der Waals surface area contributed by atoms with Gasteiger partial charge in [-0.25, -0.2) is 0 Å². The Kier molecular flexibility index (Phi) is 4.76. The minimum atomic E-state index is -0.347. The van der Waals surface area contributed by atoms with Crippen LogP contribution in [0.15, 0.2) is 34.9 Å². The van der Waals surface area contributed by atoms with E-state index in [1.807, 2.05) is 44.2 Å². The first-order valence-electron chi connectivity index (χ1n) is 6.57. The molecule has 0 bridgehead atoms. The summed E-state index contributed by atoms with van der Waals surface area (Å²) in [7, 11) is 1.61. The van der Waals surface area contributed by atoms with E-state index in [0.29, 0.717) is 5.03 Å². The minimum Gasteiger partial charge on any atom is -0.497 e. The van der Waals surface area contributed by atoms with Gasteiger partial charge in [0.05, 0.1) is 12.1 Å². The number of hydrogen-bond acceptors (Lipinski definition) is 5. The predicted molar refractivity (Wildman–Crippen MR) is 82.4 cm³/mol. The fourth-order valence-corrected chi connectivity index (χ4v) is 3.16. The monoisotopic (exact) mass is 303 g/mol. The van der Waals surface area contributed by atoms with Gasteiger partial charge >= 0.3 is 0 Å². The van der Waals surface area contributed by atoms with Crippen molar-refractivity contribution in [2.45, 2.75) is 25.3 Å². The Labute approximate surface area is 128 Å². The van der Waals surface area contributed by atoms with Crippen molar-refractivity contribution in [3.8, 4) is 11.8 Å². The standard InChI is InChI=1S/C15H17N3O2S/c1-9(2)17-15-12(8-16)13(19)18-14(21-15)10-4-6-11(20-3)7-5-10/h4-7,9,14,17H,1-3H3,(H,18,19). The van der Waals surface area contributed by atoms with Crippen LogP contribution in [0.2, 0.25) is 0 Å². The first-order valence-corrected chi connectivity index (χ1v) is 7.45. The van der Waals surface area contributed by atoms with Gasteiger partial charge in [0.2, 0.25) is 0 Å². The highest BCUT2D eigenvalue weighted by atomic mass is 32.2. The zero-order valence-electron chi connectivity index (χ0n) is 12.1. The smallest absolute Gasteiger partial charge is 0.265 e. The van der Waals surface area contributed by atoms with Gasteiger partial charge in [0.25, 0.3) is 5.91 Å². The van der Waals surface area contributed by atoms with Gasteiger partial charge in [0, 0.05) is 6.04 Å². The molecule has 0 radical (unpaired) electrons. The number of amides is 1. The van der Waals surface area contributed by atoms with Crippen molar-refractivity contribution in [1.29, 1.82) is 5.26 Å². The summed E-state index contributed by atoms with van der Waals surface area (Å²) < 4.78 is 5.13. The van der Waals surface area contributed by atoms with Crippen molar-refractivity contribution in [3.63, 3.8) is 0 Å². The molecule has 1 aromatic carbocycles. The second kappa shape index (κ2) is 6.55. The molecular weight excluding hydrogens is 286 g/mol. The maximum absolute atomic E-state index is 12.1. The fraction of sp³-hybridized carbons (Fsp3) is 0.333. The zero-order chi connectivity index (χ0) is 15.4. The minimum absolute atomic E-state index is 0.137. The number of methoxy groups -OCH3 is 1. The predicted octanol–water partition coefficient (Wildman–Crippen LogP) is 2.29. The molecular formula is C15H17N3O2S. The zero-order valence-corrected chi connectivity index (χ0v) is 13.0. The lowest BCUT2D eigenvalue weighted by molar-refractivity contribution is -0.117. The van der Waals surface area contributed by atoms with Crippen LogP contribution >= 0.6 is 11.8 Å². The van der Waals surface area contributed by atoms with Crippen LogP contribution in [0.3, 0.4) is 0 Å². The van der Waals surface area contributed by atoms with E-state index in [-0.39, 0.29) is 22.9 Å². The molecule has 21 heavy (non-hydrogen) atoms. The van der Waals surface area contributed by atoms with E-state index < -0.39 is 0 Å². The van der Waals surface area contributed by atoms with Crippen LogP contribution in [0.5, 0.6) is 5.75 Å². The Morgan fingerprint density at radius 1 is 1.38 bits per heavy atom. The number of benzene rings is 1. The van der Waals surface area contributed by atoms with E-state index in [2.05, 4.69) is 10.6 Å². The van der Waals surface area contributed by atoms with Crippen molar-refractivity contribution in [2.24, 2.45) is 0 Å². The van der Waals surface area contributed by atoms with Crippen molar-refractivity contribution in [3.05, 3.63) is 40.4 Å². The lowest BCUT2D eigenvalue weighted by atomic mass is 10.2. The molecule has 6 heteroatoms. The largest absolute Gasteiger partial charge is 0.497 e. The molecule has 1 unspecified atom stereocenters. The van der Waals surface area contributed by atoms with Gasteiger partial charge in [-0.1, -0.05) is 23.9 Å². The lowest BCUT2D eigenvalue weighted by Crippen LogP contribution is -2.36. The molecule has 0 fully saturated rings. The quantitative estimate of drug-likeness (QED) is 0.892. The van der Waals surface area contributed by atoms with Crippen molar-refractivity contribution in [1.82, 2.24) is 10.6 Å². The van der Waals surface area contributed by atoms with E-state index in [1.54, 1.807) is 7.11 Å². The summed E-state index contributed by atoms with van der Waals surface area (Å²) in [6, 6.07) is 9.62. The van der Waals surface area contributed by atoms with Gasteiger partial charge in [-0.2, -0.15) is 5.26 Å². The molecule has 0 saturated carbocycles. The Morgan fingerprint density at radius 2 is 2.05 bits per heavy atom. The molecule has 5 nitrogen and oxygen atoms in total. The van der Waals surface area contributed by atoms with Gasteiger partial charge in [-0.15, -0.1) is 0 Å². The van der Waals surface area contributed by atoms with Crippen LogP contribution in [0.4, 0.5) is 0 Å². The van der Waals surface area contributed by atoms with Gasteiger partial charge in [0.15, 0.2) is 0 Å². The Bertz CT molecular complexity index is 602. The number of hydrogen-bond donors (Lipinski definition) is 2. The highest BCUT2D eigenvalue weighted by molar-refractivity contribution is 8.03. The van der Waals surface area contributed by atoms with Crippen LogP contribution in [-0.4, -0.2) is 19.1 Å². The highest BCUT2D eigenvalue weighted by Gasteiger charge is 2.29. The molecule has 1 aliphatic rings. The van der Waals surface area contributed by atoms with Gasteiger partial charge < -0.3 is 15.4 Å². The molecule has 0 spiro atoms. The number of carbonyl (C=O) groups is 1. The molecule has 1 aromatic rings. The molecule has 2 rings (SSSR count). The van der Waals surface area contributed by atoms with Crippen LogP contribution < -0.4 is 15.4 Å². The molecule has 1 heterocycles. The number of thioether (sulfide) groups is 1. The van der Waals surface area contributed by atoms with E-state index in [0.717, 1.165) is 11.3 Å². The van der Waals surface area contributed by atoms with Crippen LogP contribution in [-0.2, 0) is 4.79 Å². The third-order valence-corrected chi connectivity index (χ3v) is 4.09. The summed E-state index contributed by atoms with van der Waals surface area (Å²) in [6.45, 7) is 3.94. The summed E-state index contributed by atoms with van der Waals surface area (Å²) in [5, 5.41) is 15.5. The topological polar surface area (TPSA) is 74.1 Å². The normalized spacial score (nSPS) is 18.2. The van der Waals surface area contributed by atoms with Crippen molar-refractivity contribution < 1.29 is 9.53 Å². The third kappa shape index (κ3) is 3.50. The molecule has 1 amide bonds. The molecule has 0 aromatic heterocycles. The molecule has 1 aliphatic heterocycles. The van der Waals surface area contributed by atoms with Gasteiger partial charge in [-0.05, 0) is 31.5 Å². The Balaban J connectivity index is 2.26. The molecule has 0 saturated heterocycles. The number of nitriles is 1. The number of nitrogens with one attached hydrogen (secondary N) is 2. The Morgan fingerprint density at radius 3 is 2.57 bits per heavy atom. The van der Waals surface area contributed by atoms with Crippen molar-refractivity contribution in [2.75, 3.05) is 7.11 Å². The first kappa shape index (κ1) is 15.3. The summed E-state index contributed by atoms with van der Waals surface area (Å²) in [5.41, 5.74) is 1.09. The summed E-state index contributed by atoms with van der Waals surface area (Å²) in [4.78, 5) is 12.1. The molecule has 0 aliphatic carbocycles. The molecule has 1 atom stereocenters. The molecule has 2 N–H and O–H groups in total. The average Bonchev–Trinajstić information content (AvgIpc) is 2.46. The SMILES string of the molecule is COc1ccc(C2NC(=O)C(C#N)=C(NC(C)C)S2)cc1. The van der Waals surface area contributed by atoms with Gasteiger partial charge in [-0.3, -0.25) is 4.79 Å². The highest BCUT2D eigenvalue weighted by Crippen LogP contribution is 2.37. The number of ether oxygens (including phenoxy) is 1. The number of nitrogens with zero attached hydrogens (tertiary/aromatic N) is 1. The lowest BCUT2D eigenvalue weighted by Gasteiger charge is -2.27. The summed E-state index contributed by atoms with van der Waals surface area (Å²) in [6.07, 6.45) is 0. The van der Waals surface area contributed by atoms with Crippen LogP contribution in [0.25, 0.3) is 0 Å². The first-order chi connectivity index (χ1) is 10.0. The second-order valence-electron chi connectivity index (χ2n) is 4.86. The van der Waals surface area contributed by atoms with Crippen LogP contribution in [0.1, 0.15) is 24.8 Å². The maximum Gasteiger partial charge on any atom is 0.265 e.